The molecule has 21 heavy (non-hydrogen) atoms. The summed E-state index contributed by atoms with van der Waals surface area (Å²) in [4.78, 5) is 0. The van der Waals surface area contributed by atoms with Crippen molar-refractivity contribution in [3.63, 3.8) is 0 Å². The lowest BCUT2D eigenvalue weighted by atomic mass is 10.2. The maximum Gasteiger partial charge on any atom is 0.138 e. The Hall–Kier alpha value is -0.420. The minimum atomic E-state index is 0.577. The van der Waals surface area contributed by atoms with Gasteiger partial charge in [-0.15, -0.1) is 0 Å². The molecule has 0 aliphatic carbocycles. The molecule has 112 valence electrons. The van der Waals surface area contributed by atoms with Crippen LogP contribution in [0.1, 0.15) is 12.5 Å². The van der Waals surface area contributed by atoms with Crippen molar-refractivity contribution >= 4 is 60.7 Å². The van der Waals surface area contributed by atoms with Gasteiger partial charge in [-0.05, 0) is 53.2 Å². The molecule has 2 rings (SSSR count). The van der Waals surface area contributed by atoms with Crippen LogP contribution in [0.5, 0.6) is 5.75 Å². The van der Waals surface area contributed by atoms with Crippen molar-refractivity contribution in [1.82, 2.24) is 0 Å². The van der Waals surface area contributed by atoms with Crippen LogP contribution in [0.3, 0.4) is 0 Å². The molecule has 0 amide bonds. The number of rotatable bonds is 5. The largest absolute Gasteiger partial charge is 0.492 e. The minimum absolute atomic E-state index is 0.577. The molecule has 0 fully saturated rings. The first-order valence-corrected chi connectivity index (χ1v) is 8.65. The molecule has 0 atom stereocenters. The fourth-order valence-electron chi connectivity index (χ4n) is 1.87. The number of hydrogen-bond donors (Lipinski definition) is 1. The number of nitrogens with one attached hydrogen (secondary N) is 1. The predicted molar refractivity (Wildman–Crippen MR) is 96.8 cm³/mol. The summed E-state index contributed by atoms with van der Waals surface area (Å²) in [6.07, 6.45) is 0. The lowest BCUT2D eigenvalue weighted by Gasteiger charge is -2.15. The highest BCUT2D eigenvalue weighted by atomic mass is 79.9. The number of anilines is 1. The van der Waals surface area contributed by atoms with Crippen LogP contribution in [0.4, 0.5) is 5.69 Å². The SMILES string of the molecule is CCOc1c(Br)cc(Br)cc1CNc1cc(Cl)ccc1Cl. The molecule has 2 nitrogen and oxygen atoms in total. The molecule has 0 radical (unpaired) electrons. The molecule has 0 unspecified atom stereocenters. The lowest BCUT2D eigenvalue weighted by Crippen LogP contribution is -2.04. The van der Waals surface area contributed by atoms with Gasteiger partial charge in [0, 0.05) is 21.6 Å². The quantitative estimate of drug-likeness (QED) is 0.555. The second-order valence-electron chi connectivity index (χ2n) is 4.29. The van der Waals surface area contributed by atoms with E-state index in [1.807, 2.05) is 19.1 Å². The van der Waals surface area contributed by atoms with E-state index in [1.165, 1.54) is 0 Å². The number of benzene rings is 2. The Morgan fingerprint density at radius 2 is 1.90 bits per heavy atom. The first kappa shape index (κ1) is 16.9. The lowest BCUT2D eigenvalue weighted by molar-refractivity contribution is 0.334. The van der Waals surface area contributed by atoms with Gasteiger partial charge in [0.05, 0.1) is 21.8 Å². The monoisotopic (exact) mass is 451 g/mol. The van der Waals surface area contributed by atoms with E-state index in [-0.39, 0.29) is 0 Å². The van der Waals surface area contributed by atoms with E-state index in [0.717, 1.165) is 25.9 Å². The van der Waals surface area contributed by atoms with Crippen LogP contribution in [0.25, 0.3) is 0 Å². The van der Waals surface area contributed by atoms with Crippen LogP contribution in [0, 0.1) is 0 Å². The smallest absolute Gasteiger partial charge is 0.138 e. The van der Waals surface area contributed by atoms with Crippen LogP contribution >= 0.6 is 55.1 Å². The van der Waals surface area contributed by atoms with Gasteiger partial charge in [-0.25, -0.2) is 0 Å². The molecule has 6 heteroatoms. The van der Waals surface area contributed by atoms with Crippen LogP contribution in [0.2, 0.25) is 10.0 Å². The first-order valence-electron chi connectivity index (χ1n) is 6.31. The van der Waals surface area contributed by atoms with Gasteiger partial charge in [-0.1, -0.05) is 39.1 Å². The van der Waals surface area contributed by atoms with Gasteiger partial charge in [0.15, 0.2) is 0 Å². The van der Waals surface area contributed by atoms with E-state index < -0.39 is 0 Å². The minimum Gasteiger partial charge on any atom is -0.492 e. The van der Waals surface area contributed by atoms with Crippen LogP contribution in [-0.4, -0.2) is 6.61 Å². The van der Waals surface area contributed by atoms with Gasteiger partial charge in [-0.3, -0.25) is 0 Å². The zero-order chi connectivity index (χ0) is 15.4. The molecule has 0 saturated heterocycles. The van der Waals surface area contributed by atoms with Gasteiger partial charge in [-0.2, -0.15) is 0 Å². The maximum atomic E-state index is 6.16. The molecule has 0 aliphatic heterocycles. The Bertz CT molecular complexity index is 650. The molecule has 2 aromatic carbocycles. The van der Waals surface area contributed by atoms with Crippen molar-refractivity contribution in [2.45, 2.75) is 13.5 Å². The third-order valence-electron chi connectivity index (χ3n) is 2.77. The third kappa shape index (κ3) is 4.52. The summed E-state index contributed by atoms with van der Waals surface area (Å²) in [5.41, 5.74) is 1.82. The maximum absolute atomic E-state index is 6.16. The van der Waals surface area contributed by atoms with Crippen molar-refractivity contribution in [2.24, 2.45) is 0 Å². The molecule has 0 aliphatic rings. The van der Waals surface area contributed by atoms with Crippen LogP contribution < -0.4 is 10.1 Å². The molecule has 1 N–H and O–H groups in total. The Morgan fingerprint density at radius 1 is 1.14 bits per heavy atom. The third-order valence-corrected chi connectivity index (χ3v) is 4.38. The summed E-state index contributed by atoms with van der Waals surface area (Å²) in [5.74, 6) is 0.825. The predicted octanol–water partition coefficient (Wildman–Crippen LogP) is 6.53. The second-order valence-corrected chi connectivity index (χ2v) is 6.90. The van der Waals surface area contributed by atoms with Crippen molar-refractivity contribution < 1.29 is 4.74 Å². The fraction of sp³-hybridized carbons (Fsp3) is 0.200. The highest BCUT2D eigenvalue weighted by Gasteiger charge is 2.11. The Balaban J connectivity index is 2.25. The molecular weight excluding hydrogens is 441 g/mol. The van der Waals surface area contributed by atoms with Gasteiger partial charge in [0.2, 0.25) is 0 Å². The molecular formula is C15H13Br2Cl2NO. The van der Waals surface area contributed by atoms with Crippen molar-refractivity contribution in [3.05, 3.63) is 54.9 Å². The Labute approximate surface area is 151 Å². The zero-order valence-corrected chi connectivity index (χ0v) is 15.9. The molecule has 0 spiro atoms. The summed E-state index contributed by atoms with van der Waals surface area (Å²) in [6, 6.07) is 9.31. The first-order chi connectivity index (χ1) is 10.0. The van der Waals surface area contributed by atoms with E-state index in [9.17, 15) is 0 Å². The van der Waals surface area contributed by atoms with E-state index >= 15 is 0 Å². The summed E-state index contributed by atoms with van der Waals surface area (Å²) in [7, 11) is 0. The second kappa shape index (κ2) is 7.73. The van der Waals surface area contributed by atoms with Crippen molar-refractivity contribution in [3.8, 4) is 5.75 Å². The van der Waals surface area contributed by atoms with E-state index in [1.54, 1.807) is 18.2 Å². The fourth-order valence-corrected chi connectivity index (χ4v) is 3.66. The average molecular weight is 454 g/mol. The highest BCUT2D eigenvalue weighted by molar-refractivity contribution is 9.11. The normalized spacial score (nSPS) is 10.5. The van der Waals surface area contributed by atoms with Gasteiger partial charge in [0.25, 0.3) is 0 Å². The van der Waals surface area contributed by atoms with Crippen molar-refractivity contribution in [2.75, 3.05) is 11.9 Å². The Morgan fingerprint density at radius 3 is 2.62 bits per heavy atom. The highest BCUT2D eigenvalue weighted by Crippen LogP contribution is 2.34. The van der Waals surface area contributed by atoms with Crippen LogP contribution in [-0.2, 0) is 6.54 Å². The summed E-state index contributed by atoms with van der Waals surface area (Å²) < 4.78 is 7.59. The average Bonchev–Trinajstić information content (AvgIpc) is 2.43. The van der Waals surface area contributed by atoms with Gasteiger partial charge >= 0.3 is 0 Å². The van der Waals surface area contributed by atoms with E-state index in [4.69, 9.17) is 27.9 Å². The summed E-state index contributed by atoms with van der Waals surface area (Å²) in [6.45, 7) is 3.14. The van der Waals surface area contributed by atoms with Crippen molar-refractivity contribution in [1.29, 1.82) is 0 Å². The Kier molecular flexibility index (Phi) is 6.23. The molecule has 0 saturated carbocycles. The number of hydrogen-bond acceptors (Lipinski definition) is 2. The van der Waals surface area contributed by atoms with Gasteiger partial charge < -0.3 is 10.1 Å². The van der Waals surface area contributed by atoms with Gasteiger partial charge in [0.1, 0.15) is 5.75 Å². The topological polar surface area (TPSA) is 21.3 Å². The summed E-state index contributed by atoms with van der Waals surface area (Å²) >= 11 is 19.2. The molecule has 0 aromatic heterocycles. The standard InChI is InChI=1S/C15H13Br2Cl2NO/c1-2-21-15-9(5-10(16)6-12(15)17)8-20-14-7-11(18)3-4-13(14)19/h3-7,20H,2,8H2,1H3. The van der Waals surface area contributed by atoms with Crippen LogP contribution in [0.15, 0.2) is 39.3 Å². The molecule has 0 heterocycles. The summed E-state index contributed by atoms with van der Waals surface area (Å²) in [5, 5.41) is 4.56. The molecule has 2 aromatic rings. The van der Waals surface area contributed by atoms with E-state index in [0.29, 0.717) is 23.2 Å². The molecule has 0 bridgehead atoms. The van der Waals surface area contributed by atoms with E-state index in [2.05, 4.69) is 37.2 Å². The number of ether oxygens (including phenoxy) is 1. The number of halogens is 4. The zero-order valence-electron chi connectivity index (χ0n) is 11.2.